The molecule has 100 valence electrons. The van der Waals surface area contributed by atoms with Crippen molar-refractivity contribution in [2.24, 2.45) is 0 Å². The van der Waals surface area contributed by atoms with Gasteiger partial charge in [0.15, 0.2) is 0 Å². The Kier molecular flexibility index (Phi) is 3.62. The number of hydrogen-bond acceptors (Lipinski definition) is 4. The van der Waals surface area contributed by atoms with Gasteiger partial charge in [0.2, 0.25) is 0 Å². The van der Waals surface area contributed by atoms with Crippen LogP contribution >= 0.6 is 0 Å². The van der Waals surface area contributed by atoms with Gasteiger partial charge >= 0.3 is 0 Å². The molecule has 1 aliphatic rings. The highest BCUT2D eigenvalue weighted by molar-refractivity contribution is 5.16. The molecule has 0 saturated carbocycles. The van der Waals surface area contributed by atoms with Gasteiger partial charge in [0.25, 0.3) is 0 Å². The van der Waals surface area contributed by atoms with Crippen LogP contribution < -0.4 is 5.32 Å². The summed E-state index contributed by atoms with van der Waals surface area (Å²) in [6, 6.07) is 8.33. The van der Waals surface area contributed by atoms with E-state index in [1.165, 1.54) is 0 Å². The number of pyridine rings is 1. The summed E-state index contributed by atoms with van der Waals surface area (Å²) in [5, 5.41) is 3.51. The molecule has 4 heteroatoms. The van der Waals surface area contributed by atoms with Crippen molar-refractivity contribution in [1.82, 2.24) is 10.3 Å². The van der Waals surface area contributed by atoms with Crippen LogP contribution in [0.4, 0.5) is 0 Å². The molecule has 0 unspecified atom stereocenters. The summed E-state index contributed by atoms with van der Waals surface area (Å²) in [5.74, 6) is 1.91. The summed E-state index contributed by atoms with van der Waals surface area (Å²) in [7, 11) is 0. The van der Waals surface area contributed by atoms with Crippen molar-refractivity contribution in [3.63, 3.8) is 0 Å². The number of aromatic nitrogens is 1. The van der Waals surface area contributed by atoms with Crippen molar-refractivity contribution in [3.8, 4) is 0 Å². The molecule has 0 amide bonds. The van der Waals surface area contributed by atoms with Crippen molar-refractivity contribution in [2.45, 2.75) is 32.0 Å². The van der Waals surface area contributed by atoms with Gasteiger partial charge in [-0.2, -0.15) is 0 Å². The smallest absolute Gasteiger partial charge is 0.117 e. The molecule has 0 aromatic carbocycles. The maximum absolute atomic E-state index is 5.81. The molecular formula is C15H18N2O2. The Bertz CT molecular complexity index is 524. The Hall–Kier alpha value is -1.65. The molecule has 19 heavy (non-hydrogen) atoms. The topological polar surface area (TPSA) is 47.3 Å². The lowest BCUT2D eigenvalue weighted by Gasteiger charge is -2.19. The normalized spacial score (nSPS) is 22.8. The summed E-state index contributed by atoms with van der Waals surface area (Å²) in [5.41, 5.74) is 1.13. The molecule has 3 rings (SSSR count). The lowest BCUT2D eigenvalue weighted by Crippen LogP contribution is -2.31. The van der Waals surface area contributed by atoms with E-state index < -0.39 is 0 Å². The van der Waals surface area contributed by atoms with Gasteiger partial charge in [0, 0.05) is 30.6 Å². The van der Waals surface area contributed by atoms with Crippen molar-refractivity contribution < 1.29 is 9.15 Å². The molecule has 1 saturated heterocycles. The van der Waals surface area contributed by atoms with Crippen LogP contribution in [0.15, 0.2) is 41.1 Å². The average Bonchev–Trinajstić information content (AvgIpc) is 3.06. The summed E-state index contributed by atoms with van der Waals surface area (Å²) in [6.07, 6.45) is 4.76. The van der Waals surface area contributed by atoms with Crippen LogP contribution in [-0.2, 0) is 11.3 Å². The molecule has 1 fully saturated rings. The zero-order valence-electron chi connectivity index (χ0n) is 11.0. The molecule has 0 spiro atoms. The number of hydrogen-bond donors (Lipinski definition) is 1. The van der Waals surface area contributed by atoms with E-state index in [4.69, 9.17) is 9.15 Å². The predicted octanol–water partition coefficient (Wildman–Crippen LogP) is 2.60. The van der Waals surface area contributed by atoms with Crippen molar-refractivity contribution in [2.75, 3.05) is 6.61 Å². The number of furan rings is 1. The first kappa shape index (κ1) is 12.4. The van der Waals surface area contributed by atoms with Crippen LogP contribution in [0.2, 0.25) is 0 Å². The Labute approximate surface area is 112 Å². The van der Waals surface area contributed by atoms with Gasteiger partial charge in [-0.15, -0.1) is 0 Å². The zero-order valence-corrected chi connectivity index (χ0v) is 11.0. The molecule has 1 aliphatic heterocycles. The van der Waals surface area contributed by atoms with Crippen LogP contribution in [0.1, 0.15) is 29.6 Å². The summed E-state index contributed by atoms with van der Waals surface area (Å²) < 4.78 is 11.4. The molecule has 2 aromatic rings. The Morgan fingerprint density at radius 2 is 2.32 bits per heavy atom. The molecule has 0 bridgehead atoms. The second-order valence-corrected chi connectivity index (χ2v) is 4.87. The summed E-state index contributed by atoms with van der Waals surface area (Å²) >= 11 is 0. The second kappa shape index (κ2) is 5.55. The van der Waals surface area contributed by atoms with Crippen LogP contribution in [0.25, 0.3) is 0 Å². The van der Waals surface area contributed by atoms with E-state index in [9.17, 15) is 0 Å². The van der Waals surface area contributed by atoms with Gasteiger partial charge in [0.05, 0.1) is 12.6 Å². The molecule has 0 aliphatic carbocycles. The first-order valence-corrected chi connectivity index (χ1v) is 6.63. The third-order valence-corrected chi connectivity index (χ3v) is 3.44. The first-order valence-electron chi connectivity index (χ1n) is 6.63. The number of rotatable bonds is 4. The van der Waals surface area contributed by atoms with Gasteiger partial charge in [-0.25, -0.2) is 0 Å². The molecule has 2 aromatic heterocycles. The molecular weight excluding hydrogens is 240 g/mol. The SMILES string of the molecule is Cc1ccc(CN[C@H]2CCO[C@@H]2c2cccnc2)o1. The highest BCUT2D eigenvalue weighted by Crippen LogP contribution is 2.28. The van der Waals surface area contributed by atoms with Gasteiger partial charge < -0.3 is 14.5 Å². The zero-order chi connectivity index (χ0) is 13.1. The van der Waals surface area contributed by atoms with Crippen molar-refractivity contribution >= 4 is 0 Å². The maximum atomic E-state index is 5.81. The number of ether oxygens (including phenoxy) is 1. The van der Waals surface area contributed by atoms with Crippen LogP contribution in [0.3, 0.4) is 0 Å². The fraction of sp³-hybridized carbons (Fsp3) is 0.400. The van der Waals surface area contributed by atoms with Gasteiger partial charge in [0.1, 0.15) is 11.5 Å². The Balaban J connectivity index is 1.64. The van der Waals surface area contributed by atoms with Crippen molar-refractivity contribution in [3.05, 3.63) is 53.7 Å². The van der Waals surface area contributed by atoms with E-state index in [0.29, 0.717) is 6.04 Å². The number of nitrogens with zero attached hydrogens (tertiary/aromatic N) is 1. The molecule has 1 N–H and O–H groups in total. The largest absolute Gasteiger partial charge is 0.465 e. The maximum Gasteiger partial charge on any atom is 0.117 e. The fourth-order valence-electron chi connectivity index (χ4n) is 2.48. The minimum Gasteiger partial charge on any atom is -0.465 e. The molecule has 4 nitrogen and oxygen atoms in total. The minimum atomic E-state index is 0.0877. The third-order valence-electron chi connectivity index (χ3n) is 3.44. The molecule has 0 radical (unpaired) electrons. The van der Waals surface area contributed by atoms with Gasteiger partial charge in [-0.3, -0.25) is 4.98 Å². The van der Waals surface area contributed by atoms with E-state index >= 15 is 0 Å². The quantitative estimate of drug-likeness (QED) is 0.915. The van der Waals surface area contributed by atoms with E-state index in [0.717, 1.165) is 36.7 Å². The standard InChI is InChI=1S/C15H18N2O2/c1-11-4-5-13(19-11)10-17-14-6-8-18-15(14)12-3-2-7-16-9-12/h2-5,7,9,14-15,17H,6,8,10H2,1H3/t14-,15+/m0/s1. The monoisotopic (exact) mass is 258 g/mol. The molecule has 2 atom stereocenters. The summed E-state index contributed by atoms with van der Waals surface area (Å²) in [4.78, 5) is 4.16. The first-order chi connectivity index (χ1) is 9.33. The summed E-state index contributed by atoms with van der Waals surface area (Å²) in [6.45, 7) is 3.48. The van der Waals surface area contributed by atoms with Gasteiger partial charge in [-0.1, -0.05) is 6.07 Å². The van der Waals surface area contributed by atoms with Gasteiger partial charge in [-0.05, 0) is 31.5 Å². The Morgan fingerprint density at radius 3 is 3.05 bits per heavy atom. The lowest BCUT2D eigenvalue weighted by molar-refractivity contribution is 0.0978. The number of nitrogens with one attached hydrogen (secondary N) is 1. The van der Waals surface area contributed by atoms with Crippen LogP contribution in [0, 0.1) is 6.92 Å². The lowest BCUT2D eigenvalue weighted by atomic mass is 10.0. The highest BCUT2D eigenvalue weighted by atomic mass is 16.5. The van der Waals surface area contributed by atoms with Crippen LogP contribution in [-0.4, -0.2) is 17.6 Å². The average molecular weight is 258 g/mol. The van der Waals surface area contributed by atoms with E-state index in [1.54, 1.807) is 6.20 Å². The second-order valence-electron chi connectivity index (χ2n) is 4.87. The fourth-order valence-corrected chi connectivity index (χ4v) is 2.48. The predicted molar refractivity (Wildman–Crippen MR) is 71.6 cm³/mol. The minimum absolute atomic E-state index is 0.0877. The third kappa shape index (κ3) is 2.85. The van der Waals surface area contributed by atoms with Crippen molar-refractivity contribution in [1.29, 1.82) is 0 Å². The van der Waals surface area contributed by atoms with E-state index in [2.05, 4.69) is 16.4 Å². The highest BCUT2D eigenvalue weighted by Gasteiger charge is 2.29. The van der Waals surface area contributed by atoms with E-state index in [-0.39, 0.29) is 6.10 Å². The Morgan fingerprint density at radius 1 is 1.37 bits per heavy atom. The van der Waals surface area contributed by atoms with E-state index in [1.807, 2.05) is 31.3 Å². The van der Waals surface area contributed by atoms with Crippen LogP contribution in [0.5, 0.6) is 0 Å². The molecule has 3 heterocycles. The number of aryl methyl sites for hydroxylation is 1.